The normalized spacial score (nSPS) is 15.3. The van der Waals surface area contributed by atoms with Crippen molar-refractivity contribution in [2.45, 2.75) is 30.7 Å². The standard InChI is InChI=1S/C18H22N4O3S/c1-26(24,25)17-9-7-15(13-20-17)21-18(23)14-6-8-16(19-12-14)22-10-4-2-3-5-11-22/h6-9,12-13H,2-5,10-11H2,1H3,(H,21,23). The fraction of sp³-hybridized carbons (Fsp3) is 0.389. The molecule has 1 saturated heterocycles. The van der Waals surface area contributed by atoms with Crippen LogP contribution < -0.4 is 10.2 Å². The molecule has 0 saturated carbocycles. The SMILES string of the molecule is CS(=O)(=O)c1ccc(NC(=O)c2ccc(N3CCCCCC3)nc2)cn1. The summed E-state index contributed by atoms with van der Waals surface area (Å²) in [5, 5.41) is 2.67. The Morgan fingerprint density at radius 3 is 2.27 bits per heavy atom. The second-order valence-electron chi connectivity index (χ2n) is 6.42. The van der Waals surface area contributed by atoms with Crippen LogP contribution in [0.25, 0.3) is 0 Å². The van der Waals surface area contributed by atoms with Crippen LogP contribution in [0.1, 0.15) is 36.0 Å². The number of amides is 1. The molecule has 0 aromatic carbocycles. The number of sulfone groups is 1. The molecule has 0 atom stereocenters. The molecule has 3 heterocycles. The molecule has 138 valence electrons. The van der Waals surface area contributed by atoms with E-state index in [1.165, 1.54) is 44.0 Å². The molecule has 0 spiro atoms. The van der Waals surface area contributed by atoms with Gasteiger partial charge in [-0.05, 0) is 37.1 Å². The van der Waals surface area contributed by atoms with Crippen molar-refractivity contribution in [3.05, 3.63) is 42.2 Å². The number of pyridine rings is 2. The van der Waals surface area contributed by atoms with Crippen molar-refractivity contribution >= 4 is 27.2 Å². The smallest absolute Gasteiger partial charge is 0.257 e. The van der Waals surface area contributed by atoms with Gasteiger partial charge in [0.15, 0.2) is 14.9 Å². The third-order valence-electron chi connectivity index (χ3n) is 4.31. The van der Waals surface area contributed by atoms with Gasteiger partial charge in [-0.3, -0.25) is 4.79 Å². The first-order valence-electron chi connectivity index (χ1n) is 8.62. The Kier molecular flexibility index (Phi) is 5.51. The molecule has 1 amide bonds. The monoisotopic (exact) mass is 374 g/mol. The molecule has 3 rings (SSSR count). The fourth-order valence-electron chi connectivity index (χ4n) is 2.88. The largest absolute Gasteiger partial charge is 0.357 e. The Hall–Kier alpha value is -2.48. The Bertz CT molecular complexity index is 856. The van der Waals surface area contributed by atoms with Crippen molar-refractivity contribution in [3.63, 3.8) is 0 Å². The zero-order valence-corrected chi connectivity index (χ0v) is 15.5. The van der Waals surface area contributed by atoms with Crippen molar-refractivity contribution in [1.29, 1.82) is 0 Å². The van der Waals surface area contributed by atoms with E-state index in [1.54, 1.807) is 12.3 Å². The summed E-state index contributed by atoms with van der Waals surface area (Å²) in [6.07, 6.45) is 8.82. The highest BCUT2D eigenvalue weighted by Gasteiger charge is 2.13. The number of hydrogen-bond acceptors (Lipinski definition) is 6. The highest BCUT2D eigenvalue weighted by Crippen LogP contribution is 2.18. The molecule has 0 bridgehead atoms. The third kappa shape index (κ3) is 4.57. The summed E-state index contributed by atoms with van der Waals surface area (Å²) in [4.78, 5) is 22.9. The van der Waals surface area contributed by atoms with Crippen LogP contribution in [0.15, 0.2) is 41.7 Å². The van der Waals surface area contributed by atoms with E-state index in [9.17, 15) is 13.2 Å². The van der Waals surface area contributed by atoms with Gasteiger partial charge in [-0.2, -0.15) is 0 Å². The van der Waals surface area contributed by atoms with Crippen LogP contribution in [0.2, 0.25) is 0 Å². The molecule has 26 heavy (non-hydrogen) atoms. The predicted molar refractivity (Wildman–Crippen MR) is 100 cm³/mol. The number of carbonyl (C=O) groups is 1. The molecule has 1 aliphatic rings. The Morgan fingerprint density at radius 1 is 1.00 bits per heavy atom. The van der Waals surface area contributed by atoms with Crippen LogP contribution in [-0.2, 0) is 9.84 Å². The number of anilines is 2. The second kappa shape index (κ2) is 7.82. The van der Waals surface area contributed by atoms with Gasteiger partial charge in [-0.25, -0.2) is 18.4 Å². The van der Waals surface area contributed by atoms with Crippen molar-refractivity contribution in [3.8, 4) is 0 Å². The van der Waals surface area contributed by atoms with Gasteiger partial charge in [0.1, 0.15) is 5.82 Å². The molecular formula is C18H22N4O3S. The summed E-state index contributed by atoms with van der Waals surface area (Å²) < 4.78 is 22.8. The van der Waals surface area contributed by atoms with E-state index in [0.29, 0.717) is 11.3 Å². The van der Waals surface area contributed by atoms with Crippen molar-refractivity contribution in [2.24, 2.45) is 0 Å². The topological polar surface area (TPSA) is 92.3 Å². The van der Waals surface area contributed by atoms with Crippen LogP contribution in [0.5, 0.6) is 0 Å². The first-order valence-corrected chi connectivity index (χ1v) is 10.5. The molecule has 7 nitrogen and oxygen atoms in total. The Balaban J connectivity index is 1.66. The lowest BCUT2D eigenvalue weighted by atomic mass is 10.2. The zero-order valence-electron chi connectivity index (χ0n) is 14.7. The maximum absolute atomic E-state index is 12.3. The molecule has 0 radical (unpaired) electrons. The number of rotatable bonds is 4. The fourth-order valence-corrected chi connectivity index (χ4v) is 3.44. The number of aromatic nitrogens is 2. The minimum Gasteiger partial charge on any atom is -0.357 e. The molecular weight excluding hydrogens is 352 g/mol. The van der Waals surface area contributed by atoms with Crippen LogP contribution in [0, 0.1) is 0 Å². The van der Waals surface area contributed by atoms with E-state index in [0.717, 1.165) is 25.2 Å². The maximum Gasteiger partial charge on any atom is 0.257 e. The average Bonchev–Trinajstić information content (AvgIpc) is 2.91. The molecule has 1 N–H and O–H groups in total. The Labute approximate surface area is 153 Å². The van der Waals surface area contributed by atoms with Crippen LogP contribution >= 0.6 is 0 Å². The van der Waals surface area contributed by atoms with E-state index in [2.05, 4.69) is 20.2 Å². The summed E-state index contributed by atoms with van der Waals surface area (Å²) in [6, 6.07) is 6.50. The van der Waals surface area contributed by atoms with E-state index < -0.39 is 9.84 Å². The molecule has 8 heteroatoms. The summed E-state index contributed by atoms with van der Waals surface area (Å²) in [7, 11) is -3.36. The highest BCUT2D eigenvalue weighted by molar-refractivity contribution is 7.90. The summed E-state index contributed by atoms with van der Waals surface area (Å²) in [5.74, 6) is 0.580. The van der Waals surface area contributed by atoms with Gasteiger partial charge in [0.25, 0.3) is 5.91 Å². The first kappa shape index (κ1) is 18.3. The number of nitrogens with zero attached hydrogens (tertiary/aromatic N) is 3. The maximum atomic E-state index is 12.3. The van der Waals surface area contributed by atoms with Gasteiger partial charge in [-0.1, -0.05) is 12.8 Å². The van der Waals surface area contributed by atoms with Gasteiger partial charge >= 0.3 is 0 Å². The van der Waals surface area contributed by atoms with E-state index in [-0.39, 0.29) is 10.9 Å². The van der Waals surface area contributed by atoms with Crippen LogP contribution in [0.4, 0.5) is 11.5 Å². The lowest BCUT2D eigenvalue weighted by Crippen LogP contribution is -2.25. The second-order valence-corrected chi connectivity index (χ2v) is 8.38. The average molecular weight is 374 g/mol. The lowest BCUT2D eigenvalue weighted by Gasteiger charge is -2.21. The summed E-state index contributed by atoms with van der Waals surface area (Å²) >= 11 is 0. The highest BCUT2D eigenvalue weighted by atomic mass is 32.2. The summed E-state index contributed by atoms with van der Waals surface area (Å²) in [5.41, 5.74) is 0.870. The van der Waals surface area contributed by atoms with Crippen LogP contribution in [-0.4, -0.2) is 43.6 Å². The van der Waals surface area contributed by atoms with Gasteiger partial charge in [0.05, 0.1) is 17.4 Å². The van der Waals surface area contributed by atoms with E-state index >= 15 is 0 Å². The van der Waals surface area contributed by atoms with E-state index in [1.807, 2.05) is 6.07 Å². The third-order valence-corrected chi connectivity index (χ3v) is 5.32. The van der Waals surface area contributed by atoms with Gasteiger partial charge in [0.2, 0.25) is 0 Å². The molecule has 0 aliphatic carbocycles. The number of hydrogen-bond donors (Lipinski definition) is 1. The van der Waals surface area contributed by atoms with Crippen molar-refractivity contribution < 1.29 is 13.2 Å². The lowest BCUT2D eigenvalue weighted by molar-refractivity contribution is 0.102. The number of nitrogens with one attached hydrogen (secondary N) is 1. The van der Waals surface area contributed by atoms with Crippen LogP contribution in [0.3, 0.4) is 0 Å². The molecule has 0 unspecified atom stereocenters. The molecule has 2 aromatic rings. The number of carbonyl (C=O) groups excluding carboxylic acids is 1. The molecule has 2 aromatic heterocycles. The quantitative estimate of drug-likeness (QED) is 0.884. The Morgan fingerprint density at radius 2 is 1.73 bits per heavy atom. The van der Waals surface area contributed by atoms with Gasteiger partial charge < -0.3 is 10.2 Å². The minimum atomic E-state index is -3.36. The summed E-state index contributed by atoms with van der Waals surface area (Å²) in [6.45, 7) is 1.99. The zero-order chi connectivity index (χ0) is 18.6. The van der Waals surface area contributed by atoms with Gasteiger partial charge in [0, 0.05) is 25.5 Å². The predicted octanol–water partition coefficient (Wildman–Crippen LogP) is 2.51. The molecule has 1 fully saturated rings. The minimum absolute atomic E-state index is 0.0287. The van der Waals surface area contributed by atoms with E-state index in [4.69, 9.17) is 0 Å². The van der Waals surface area contributed by atoms with Crippen molar-refractivity contribution in [1.82, 2.24) is 9.97 Å². The molecule has 1 aliphatic heterocycles. The van der Waals surface area contributed by atoms with Gasteiger partial charge in [-0.15, -0.1) is 0 Å². The first-order chi connectivity index (χ1) is 12.4. The van der Waals surface area contributed by atoms with Crippen molar-refractivity contribution in [2.75, 3.05) is 29.6 Å².